The molecule has 1 heterocycles. The number of carbonyl (C=O) groups is 1. The maximum absolute atomic E-state index is 12.4. The number of sulfone groups is 1. The highest BCUT2D eigenvalue weighted by atomic mass is 32.2. The molecule has 0 unspecified atom stereocenters. The molecule has 0 N–H and O–H groups in total. The van der Waals surface area contributed by atoms with Crippen LogP contribution in [-0.4, -0.2) is 38.0 Å². The third kappa shape index (κ3) is 5.33. The molecule has 0 atom stereocenters. The number of methoxy groups -OCH3 is 1. The van der Waals surface area contributed by atoms with Crippen LogP contribution >= 0.6 is 23.1 Å². The zero-order chi connectivity index (χ0) is 21.7. The summed E-state index contributed by atoms with van der Waals surface area (Å²) in [6.07, 6.45) is 6.91. The average Bonchev–Trinajstić information content (AvgIpc) is 3.04. The summed E-state index contributed by atoms with van der Waals surface area (Å²) in [4.78, 5) is 18.4. The van der Waals surface area contributed by atoms with Crippen LogP contribution in [-0.2, 0) is 21.2 Å². The van der Waals surface area contributed by atoms with E-state index in [1.807, 2.05) is 24.3 Å². The summed E-state index contributed by atoms with van der Waals surface area (Å²) in [7, 11) is -1.71. The van der Waals surface area contributed by atoms with Gasteiger partial charge in [-0.15, -0.1) is 18.2 Å². The van der Waals surface area contributed by atoms with Gasteiger partial charge < -0.3 is 9.30 Å². The molecule has 0 saturated heterocycles. The van der Waals surface area contributed by atoms with Crippen LogP contribution in [0.25, 0.3) is 10.2 Å². The van der Waals surface area contributed by atoms with Crippen molar-refractivity contribution in [3.63, 3.8) is 0 Å². The van der Waals surface area contributed by atoms with Gasteiger partial charge in [-0.2, -0.15) is 4.99 Å². The fourth-order valence-corrected chi connectivity index (χ4v) is 5.35. The molecule has 0 saturated carbocycles. The number of fused-ring (bicyclic) bond motifs is 1. The number of thiazole rings is 1. The quantitative estimate of drug-likeness (QED) is 0.399. The average molecular weight is 461 g/mol. The number of aromatic nitrogens is 1. The zero-order valence-corrected chi connectivity index (χ0v) is 18.9. The van der Waals surface area contributed by atoms with Gasteiger partial charge in [0.25, 0.3) is 0 Å². The van der Waals surface area contributed by atoms with Crippen molar-refractivity contribution in [2.24, 2.45) is 4.99 Å². The number of rotatable bonds is 7. The summed E-state index contributed by atoms with van der Waals surface area (Å²) in [5, 5.41) is 0. The first-order chi connectivity index (χ1) is 14.3. The molecule has 0 aliphatic heterocycles. The lowest BCUT2D eigenvalue weighted by molar-refractivity contribution is -0.117. The first kappa shape index (κ1) is 22.2. The Morgan fingerprint density at radius 3 is 2.63 bits per heavy atom. The Morgan fingerprint density at radius 2 is 2.00 bits per heavy atom. The second-order valence-corrected chi connectivity index (χ2v) is 10.5. The summed E-state index contributed by atoms with van der Waals surface area (Å²) in [6.45, 7) is 0.241. The van der Waals surface area contributed by atoms with Gasteiger partial charge in [0.2, 0.25) is 5.91 Å². The zero-order valence-electron chi connectivity index (χ0n) is 16.5. The molecule has 156 valence electrons. The van der Waals surface area contributed by atoms with Crippen LogP contribution in [0.15, 0.2) is 57.2 Å². The highest BCUT2D eigenvalue weighted by Gasteiger charge is 2.12. The molecule has 9 heteroatoms. The molecule has 6 nitrogen and oxygen atoms in total. The van der Waals surface area contributed by atoms with Crippen LogP contribution in [0, 0.1) is 12.3 Å². The maximum Gasteiger partial charge on any atom is 0.249 e. The summed E-state index contributed by atoms with van der Waals surface area (Å²) in [5.41, 5.74) is 0.754. The minimum absolute atomic E-state index is 0.220. The van der Waals surface area contributed by atoms with E-state index in [2.05, 4.69) is 10.9 Å². The predicted molar refractivity (Wildman–Crippen MR) is 121 cm³/mol. The molecule has 2 aromatic carbocycles. The lowest BCUT2D eigenvalue weighted by atomic mass is 10.3. The van der Waals surface area contributed by atoms with Gasteiger partial charge in [0.1, 0.15) is 5.75 Å². The molecule has 0 spiro atoms. The van der Waals surface area contributed by atoms with E-state index in [9.17, 15) is 13.2 Å². The maximum atomic E-state index is 12.4. The molecule has 1 amide bonds. The van der Waals surface area contributed by atoms with Crippen LogP contribution in [0.2, 0.25) is 0 Å². The second-order valence-electron chi connectivity index (χ2n) is 6.36. The van der Waals surface area contributed by atoms with Crippen molar-refractivity contribution in [2.75, 3.05) is 19.1 Å². The number of hydrogen-bond acceptors (Lipinski definition) is 6. The summed E-state index contributed by atoms with van der Waals surface area (Å²) in [5.74, 6) is 3.68. The lowest BCUT2D eigenvalue weighted by Crippen LogP contribution is -2.16. The minimum Gasteiger partial charge on any atom is -0.497 e. The SMILES string of the molecule is C#CCn1c(=NC(=O)CCSc2ccc(OC)cc2)sc2cc(S(C)(=O)=O)ccc21. The third-order valence-corrected chi connectivity index (χ3v) is 7.36. The van der Waals surface area contributed by atoms with E-state index in [4.69, 9.17) is 11.2 Å². The van der Waals surface area contributed by atoms with Gasteiger partial charge in [0, 0.05) is 23.3 Å². The third-order valence-electron chi connectivity index (χ3n) is 4.20. The second kappa shape index (κ2) is 9.51. The van der Waals surface area contributed by atoms with Crippen LogP contribution in [0.4, 0.5) is 0 Å². The number of carbonyl (C=O) groups excluding carboxylic acids is 1. The number of amides is 1. The van der Waals surface area contributed by atoms with Crippen molar-refractivity contribution in [1.82, 2.24) is 4.57 Å². The monoisotopic (exact) mass is 460 g/mol. The van der Waals surface area contributed by atoms with Gasteiger partial charge in [0.05, 0.1) is 28.8 Å². The molecule has 0 radical (unpaired) electrons. The van der Waals surface area contributed by atoms with Crippen molar-refractivity contribution in [2.45, 2.75) is 22.8 Å². The van der Waals surface area contributed by atoms with Crippen molar-refractivity contribution >= 4 is 49.1 Å². The van der Waals surface area contributed by atoms with Crippen molar-refractivity contribution < 1.29 is 17.9 Å². The van der Waals surface area contributed by atoms with Gasteiger partial charge in [0.15, 0.2) is 14.6 Å². The van der Waals surface area contributed by atoms with E-state index in [1.54, 1.807) is 35.6 Å². The van der Waals surface area contributed by atoms with Gasteiger partial charge in [-0.25, -0.2) is 8.42 Å². The lowest BCUT2D eigenvalue weighted by Gasteiger charge is -2.02. The topological polar surface area (TPSA) is 77.7 Å². The number of benzene rings is 2. The molecule has 3 rings (SSSR count). The van der Waals surface area contributed by atoms with Crippen LogP contribution in [0.3, 0.4) is 0 Å². The minimum atomic E-state index is -3.33. The van der Waals surface area contributed by atoms with E-state index in [0.29, 0.717) is 15.3 Å². The molecular formula is C21H20N2O4S3. The molecule has 0 bridgehead atoms. The van der Waals surface area contributed by atoms with Crippen LogP contribution < -0.4 is 9.54 Å². The number of thioether (sulfide) groups is 1. The van der Waals surface area contributed by atoms with Crippen molar-refractivity contribution in [3.8, 4) is 18.1 Å². The molecule has 0 fully saturated rings. The van der Waals surface area contributed by atoms with Gasteiger partial charge in [-0.3, -0.25) is 4.79 Å². The Labute approximate surface area is 183 Å². The van der Waals surface area contributed by atoms with E-state index in [0.717, 1.165) is 22.4 Å². The number of terminal acetylenes is 1. The van der Waals surface area contributed by atoms with Crippen molar-refractivity contribution in [3.05, 3.63) is 47.3 Å². The Morgan fingerprint density at radius 1 is 1.27 bits per heavy atom. The van der Waals surface area contributed by atoms with E-state index < -0.39 is 9.84 Å². The van der Waals surface area contributed by atoms with Crippen molar-refractivity contribution in [1.29, 1.82) is 0 Å². The summed E-state index contributed by atoms with van der Waals surface area (Å²) < 4.78 is 31.2. The Balaban J connectivity index is 1.80. The number of ether oxygens (including phenoxy) is 1. The highest BCUT2D eigenvalue weighted by Crippen LogP contribution is 2.23. The fraction of sp³-hybridized carbons (Fsp3) is 0.238. The van der Waals surface area contributed by atoms with E-state index in [-0.39, 0.29) is 23.8 Å². The smallest absolute Gasteiger partial charge is 0.249 e. The molecule has 1 aromatic heterocycles. The Bertz CT molecular complexity index is 1280. The van der Waals surface area contributed by atoms with E-state index >= 15 is 0 Å². The molecule has 30 heavy (non-hydrogen) atoms. The van der Waals surface area contributed by atoms with Gasteiger partial charge in [-0.1, -0.05) is 17.3 Å². The number of nitrogens with zero attached hydrogens (tertiary/aromatic N) is 2. The molecule has 0 aliphatic carbocycles. The molecular weight excluding hydrogens is 440 g/mol. The van der Waals surface area contributed by atoms with Crippen LogP contribution in [0.1, 0.15) is 6.42 Å². The number of hydrogen-bond donors (Lipinski definition) is 0. The largest absolute Gasteiger partial charge is 0.497 e. The standard InChI is InChI=1S/C21H20N2O4S3/c1-4-12-23-18-10-9-17(30(3,25)26)14-19(18)29-21(23)22-20(24)11-13-28-16-7-5-15(27-2)6-8-16/h1,5-10,14H,11-13H2,2-3H3. The predicted octanol–water partition coefficient (Wildman–Crippen LogP) is 3.36. The van der Waals surface area contributed by atoms with Gasteiger partial charge in [-0.05, 0) is 42.5 Å². The highest BCUT2D eigenvalue weighted by molar-refractivity contribution is 7.99. The molecule has 3 aromatic rings. The van der Waals surface area contributed by atoms with Gasteiger partial charge >= 0.3 is 0 Å². The summed E-state index contributed by atoms with van der Waals surface area (Å²) >= 11 is 2.81. The van der Waals surface area contributed by atoms with E-state index in [1.165, 1.54) is 17.4 Å². The van der Waals surface area contributed by atoms with Crippen LogP contribution in [0.5, 0.6) is 5.75 Å². The molecule has 0 aliphatic rings. The first-order valence-corrected chi connectivity index (χ1v) is 12.6. The normalized spacial score (nSPS) is 12.1. The first-order valence-electron chi connectivity index (χ1n) is 8.93. The fourth-order valence-electron chi connectivity index (χ4n) is 2.70. The Hall–Kier alpha value is -2.54. The Kier molecular flexibility index (Phi) is 7.02. The summed E-state index contributed by atoms with van der Waals surface area (Å²) in [6, 6.07) is 12.5.